The molecule has 2 heterocycles. The lowest BCUT2D eigenvalue weighted by Crippen LogP contribution is -2.52. The molecule has 1 aliphatic rings. The standard InChI is InChI=1S/C29H34N2O3S/c1-29(2,3)31(26(32)15-10-21-8-6-5-7-9-21)20-27(33)30-18-16-25-24(17-19-35-25)28(30)22-11-13-23(34-4)14-12-22/h5-9,11-14,17,19,28H,10,15-16,18,20H2,1-4H3. The number of nitrogens with zero attached hydrogens (tertiary/aromatic N) is 2. The summed E-state index contributed by atoms with van der Waals surface area (Å²) in [6.45, 7) is 6.70. The molecule has 1 aromatic heterocycles. The second kappa shape index (κ2) is 10.6. The Morgan fingerprint density at radius 3 is 2.43 bits per heavy atom. The number of hydrogen-bond donors (Lipinski definition) is 0. The minimum absolute atomic E-state index is 0.00364. The van der Waals surface area contributed by atoms with Gasteiger partial charge < -0.3 is 14.5 Å². The molecule has 6 heteroatoms. The van der Waals surface area contributed by atoms with E-state index in [2.05, 4.69) is 11.4 Å². The van der Waals surface area contributed by atoms with Crippen molar-refractivity contribution in [1.82, 2.24) is 9.80 Å². The van der Waals surface area contributed by atoms with E-state index in [0.717, 1.165) is 23.3 Å². The fourth-order valence-corrected chi connectivity index (χ4v) is 5.59. The van der Waals surface area contributed by atoms with Crippen LogP contribution >= 0.6 is 11.3 Å². The van der Waals surface area contributed by atoms with E-state index >= 15 is 0 Å². The lowest BCUT2D eigenvalue weighted by atomic mass is 9.93. The molecule has 5 nitrogen and oxygen atoms in total. The highest BCUT2D eigenvalue weighted by Crippen LogP contribution is 2.38. The van der Waals surface area contributed by atoms with E-state index in [4.69, 9.17) is 4.74 Å². The van der Waals surface area contributed by atoms with Crippen LogP contribution in [0.4, 0.5) is 0 Å². The maximum absolute atomic E-state index is 13.8. The van der Waals surface area contributed by atoms with Gasteiger partial charge in [0.15, 0.2) is 0 Å². The van der Waals surface area contributed by atoms with Crippen molar-refractivity contribution in [3.05, 3.63) is 87.6 Å². The molecule has 1 unspecified atom stereocenters. The van der Waals surface area contributed by atoms with Crippen LogP contribution in [0.1, 0.15) is 54.8 Å². The number of amides is 2. The third-order valence-corrected chi connectivity index (χ3v) is 7.59. The van der Waals surface area contributed by atoms with Gasteiger partial charge in [-0.2, -0.15) is 0 Å². The van der Waals surface area contributed by atoms with Crippen LogP contribution in [0, 0.1) is 0 Å². The highest BCUT2D eigenvalue weighted by molar-refractivity contribution is 7.10. The first-order chi connectivity index (χ1) is 16.8. The molecule has 0 spiro atoms. The summed E-state index contributed by atoms with van der Waals surface area (Å²) in [5.41, 5.74) is 2.90. The first-order valence-electron chi connectivity index (χ1n) is 12.1. The molecule has 0 N–H and O–H groups in total. The SMILES string of the molecule is COc1ccc(C2c3ccsc3CCN2C(=O)CN(C(=O)CCc2ccccc2)C(C)(C)C)cc1. The molecular formula is C29H34N2O3S. The minimum Gasteiger partial charge on any atom is -0.497 e. The summed E-state index contributed by atoms with van der Waals surface area (Å²) in [7, 11) is 1.65. The Labute approximate surface area is 212 Å². The van der Waals surface area contributed by atoms with Crippen LogP contribution in [0.25, 0.3) is 0 Å². The summed E-state index contributed by atoms with van der Waals surface area (Å²) in [4.78, 5) is 32.1. The molecule has 35 heavy (non-hydrogen) atoms. The fourth-order valence-electron chi connectivity index (χ4n) is 4.69. The fraction of sp³-hybridized carbons (Fsp3) is 0.379. The molecule has 1 atom stereocenters. The van der Waals surface area contributed by atoms with Gasteiger partial charge in [-0.25, -0.2) is 0 Å². The summed E-state index contributed by atoms with van der Waals surface area (Å²) in [5.74, 6) is 0.769. The van der Waals surface area contributed by atoms with Crippen molar-refractivity contribution in [3.63, 3.8) is 0 Å². The molecular weight excluding hydrogens is 456 g/mol. The van der Waals surface area contributed by atoms with Gasteiger partial charge in [0.1, 0.15) is 12.3 Å². The number of hydrogen-bond acceptors (Lipinski definition) is 4. The van der Waals surface area contributed by atoms with Crippen molar-refractivity contribution in [2.45, 2.75) is 51.6 Å². The van der Waals surface area contributed by atoms with Gasteiger partial charge in [-0.05, 0) is 73.9 Å². The molecule has 4 rings (SSSR count). The number of aryl methyl sites for hydroxylation is 1. The van der Waals surface area contributed by atoms with Crippen LogP contribution in [-0.4, -0.2) is 47.4 Å². The van der Waals surface area contributed by atoms with Crippen molar-refractivity contribution in [2.24, 2.45) is 0 Å². The van der Waals surface area contributed by atoms with Crippen LogP contribution in [0.15, 0.2) is 66.0 Å². The Kier molecular flexibility index (Phi) is 7.60. The first kappa shape index (κ1) is 25.0. The number of carbonyl (C=O) groups excluding carboxylic acids is 2. The lowest BCUT2D eigenvalue weighted by Gasteiger charge is -2.40. The van der Waals surface area contributed by atoms with E-state index in [0.29, 0.717) is 19.4 Å². The normalized spacial score (nSPS) is 15.4. The van der Waals surface area contributed by atoms with Crippen molar-refractivity contribution in [2.75, 3.05) is 20.2 Å². The average molecular weight is 491 g/mol. The summed E-state index contributed by atoms with van der Waals surface area (Å²) >= 11 is 1.75. The number of fused-ring (bicyclic) bond motifs is 1. The molecule has 2 aromatic carbocycles. The lowest BCUT2D eigenvalue weighted by molar-refractivity contribution is -0.145. The summed E-state index contributed by atoms with van der Waals surface area (Å²) in [6.07, 6.45) is 1.88. The zero-order valence-electron chi connectivity index (χ0n) is 21.0. The maximum Gasteiger partial charge on any atom is 0.243 e. The number of thiophene rings is 1. The van der Waals surface area contributed by atoms with E-state index in [1.807, 2.05) is 80.3 Å². The summed E-state index contributed by atoms with van der Waals surface area (Å²) < 4.78 is 5.33. The van der Waals surface area contributed by atoms with E-state index in [1.54, 1.807) is 23.3 Å². The number of rotatable bonds is 7. The highest BCUT2D eigenvalue weighted by atomic mass is 32.1. The quantitative estimate of drug-likeness (QED) is 0.440. The van der Waals surface area contributed by atoms with Gasteiger partial charge in [0.25, 0.3) is 0 Å². The number of ether oxygens (including phenoxy) is 1. The Hall–Kier alpha value is -3.12. The van der Waals surface area contributed by atoms with Gasteiger partial charge in [-0.1, -0.05) is 42.5 Å². The van der Waals surface area contributed by atoms with E-state index in [1.165, 1.54) is 10.4 Å². The predicted octanol–water partition coefficient (Wildman–Crippen LogP) is 5.49. The van der Waals surface area contributed by atoms with Crippen LogP contribution in [0.2, 0.25) is 0 Å². The van der Waals surface area contributed by atoms with Crippen LogP contribution < -0.4 is 4.74 Å². The molecule has 184 valence electrons. The van der Waals surface area contributed by atoms with Crippen molar-refractivity contribution in [3.8, 4) is 5.75 Å². The Balaban J connectivity index is 1.55. The second-order valence-electron chi connectivity index (χ2n) is 9.95. The third kappa shape index (κ3) is 5.76. The Morgan fingerprint density at radius 2 is 1.77 bits per heavy atom. The largest absolute Gasteiger partial charge is 0.497 e. The molecule has 3 aromatic rings. The summed E-state index contributed by atoms with van der Waals surface area (Å²) in [6, 6.07) is 19.9. The highest BCUT2D eigenvalue weighted by Gasteiger charge is 2.36. The molecule has 0 saturated heterocycles. The van der Waals surface area contributed by atoms with Crippen LogP contribution in [-0.2, 0) is 22.4 Å². The van der Waals surface area contributed by atoms with Gasteiger partial charge in [-0.3, -0.25) is 9.59 Å². The first-order valence-corrected chi connectivity index (χ1v) is 13.0. The van der Waals surface area contributed by atoms with Crippen LogP contribution in [0.3, 0.4) is 0 Å². The average Bonchev–Trinajstić information content (AvgIpc) is 3.34. The van der Waals surface area contributed by atoms with Crippen LogP contribution in [0.5, 0.6) is 5.75 Å². The predicted molar refractivity (Wildman–Crippen MR) is 141 cm³/mol. The molecule has 0 saturated carbocycles. The zero-order valence-corrected chi connectivity index (χ0v) is 21.8. The molecule has 0 fully saturated rings. The molecule has 2 amide bonds. The zero-order chi connectivity index (χ0) is 25.0. The second-order valence-corrected chi connectivity index (χ2v) is 10.9. The third-order valence-electron chi connectivity index (χ3n) is 6.59. The smallest absolute Gasteiger partial charge is 0.243 e. The van der Waals surface area contributed by atoms with Gasteiger partial charge in [-0.15, -0.1) is 11.3 Å². The number of methoxy groups -OCH3 is 1. The summed E-state index contributed by atoms with van der Waals surface area (Å²) in [5, 5.41) is 2.10. The number of carbonyl (C=O) groups is 2. The van der Waals surface area contributed by atoms with Crippen molar-refractivity contribution < 1.29 is 14.3 Å². The molecule has 0 bridgehead atoms. The van der Waals surface area contributed by atoms with E-state index < -0.39 is 5.54 Å². The molecule has 1 aliphatic heterocycles. The Morgan fingerprint density at radius 1 is 1.06 bits per heavy atom. The monoisotopic (exact) mass is 490 g/mol. The van der Waals surface area contributed by atoms with Gasteiger partial charge in [0.05, 0.1) is 13.2 Å². The molecule has 0 radical (unpaired) electrons. The Bertz CT molecular complexity index is 1150. The van der Waals surface area contributed by atoms with E-state index in [9.17, 15) is 9.59 Å². The van der Waals surface area contributed by atoms with Gasteiger partial charge >= 0.3 is 0 Å². The number of benzene rings is 2. The van der Waals surface area contributed by atoms with Gasteiger partial charge in [0, 0.05) is 23.4 Å². The minimum atomic E-state index is -0.456. The topological polar surface area (TPSA) is 49.9 Å². The van der Waals surface area contributed by atoms with Crippen molar-refractivity contribution in [1.29, 1.82) is 0 Å². The van der Waals surface area contributed by atoms with Crippen molar-refractivity contribution >= 4 is 23.2 Å². The maximum atomic E-state index is 13.8. The van der Waals surface area contributed by atoms with Gasteiger partial charge in [0.2, 0.25) is 11.8 Å². The molecule has 0 aliphatic carbocycles. The van der Waals surface area contributed by atoms with E-state index in [-0.39, 0.29) is 24.4 Å².